The Hall–Kier alpha value is -0.610. The molecule has 0 bridgehead atoms. The van der Waals surface area contributed by atoms with Crippen molar-refractivity contribution in [2.24, 2.45) is 5.92 Å². The van der Waals surface area contributed by atoms with Crippen molar-refractivity contribution in [2.45, 2.75) is 199 Å². The van der Waals surface area contributed by atoms with Gasteiger partial charge in [-0.05, 0) is 47.1 Å². The van der Waals surface area contributed by atoms with Crippen LogP contribution >= 0.6 is 8.58 Å². The van der Waals surface area contributed by atoms with E-state index in [9.17, 15) is 19.8 Å². The Morgan fingerprint density at radius 3 is 1.42 bits per heavy atom. The molecule has 254 valence electrons. The van der Waals surface area contributed by atoms with E-state index in [1.165, 1.54) is 109 Å². The van der Waals surface area contributed by atoms with Gasteiger partial charge in [0, 0.05) is 6.42 Å². The first-order valence-electron chi connectivity index (χ1n) is 18.4. The largest absolute Gasteiger partial charge is 0.394 e. The molecule has 0 amide bonds. The van der Waals surface area contributed by atoms with E-state index >= 15 is 0 Å². The Morgan fingerprint density at radius 2 is 0.977 bits per heavy atom. The molecule has 0 spiro atoms. The molecule has 0 aromatic heterocycles. The number of hydrogen-bond donors (Lipinski definition) is 3. The summed E-state index contributed by atoms with van der Waals surface area (Å²) in [5.41, 5.74) is -0.266. The third-order valence-electron chi connectivity index (χ3n) is 8.58. The molecular weight excluding hydrogens is 555 g/mol. The minimum Gasteiger partial charge on any atom is -0.394 e. The molecule has 0 fully saturated rings. The van der Waals surface area contributed by atoms with E-state index in [1.807, 2.05) is 0 Å². The molecule has 0 rings (SSSR count). The van der Waals surface area contributed by atoms with Crippen molar-refractivity contribution in [2.75, 3.05) is 6.61 Å². The van der Waals surface area contributed by atoms with Crippen molar-refractivity contribution in [3.63, 3.8) is 0 Å². The summed E-state index contributed by atoms with van der Waals surface area (Å²) in [4.78, 5) is 26.0. The van der Waals surface area contributed by atoms with E-state index in [2.05, 4.69) is 26.0 Å². The molecule has 0 aliphatic rings. The fourth-order valence-electron chi connectivity index (χ4n) is 5.61. The highest BCUT2D eigenvalue weighted by atomic mass is 31.1. The van der Waals surface area contributed by atoms with Gasteiger partial charge in [0.2, 0.25) is 0 Å². The lowest BCUT2D eigenvalue weighted by molar-refractivity contribution is -0.129. The quantitative estimate of drug-likeness (QED) is 0.0286. The number of allylic oxidation sites excluding steroid dienone is 2. The number of rotatable bonds is 34. The highest BCUT2D eigenvalue weighted by molar-refractivity contribution is 7.58. The van der Waals surface area contributed by atoms with Crippen molar-refractivity contribution in [1.82, 2.24) is 0 Å². The van der Waals surface area contributed by atoms with Crippen molar-refractivity contribution in [1.29, 1.82) is 0 Å². The Morgan fingerprint density at radius 1 is 0.581 bits per heavy atom. The van der Waals surface area contributed by atoms with Crippen LogP contribution in [0.3, 0.4) is 0 Å². The molecule has 0 aromatic rings. The zero-order valence-corrected chi connectivity index (χ0v) is 29.3. The van der Waals surface area contributed by atoms with Crippen LogP contribution in [0.2, 0.25) is 0 Å². The van der Waals surface area contributed by atoms with Crippen LogP contribution in [0.5, 0.6) is 0 Å². The van der Waals surface area contributed by atoms with Crippen LogP contribution in [0, 0.1) is 5.92 Å². The molecule has 4 atom stereocenters. The van der Waals surface area contributed by atoms with Crippen LogP contribution in [-0.2, 0) is 9.59 Å². The summed E-state index contributed by atoms with van der Waals surface area (Å²) in [5.74, 6) is -2.00. The summed E-state index contributed by atoms with van der Waals surface area (Å²) in [7, 11) is -0.568. The number of hydrogen-bond acceptors (Lipinski definition) is 5. The fourth-order valence-corrected chi connectivity index (χ4v) is 6.71. The summed E-state index contributed by atoms with van der Waals surface area (Å²) < 4.78 is 0. The van der Waals surface area contributed by atoms with Gasteiger partial charge < -0.3 is 15.3 Å². The highest BCUT2D eigenvalue weighted by Gasteiger charge is 2.29. The molecule has 0 aliphatic carbocycles. The number of ketones is 1. The zero-order valence-electron chi connectivity index (χ0n) is 28.3. The highest BCUT2D eigenvalue weighted by Crippen LogP contribution is 2.30. The van der Waals surface area contributed by atoms with E-state index in [1.54, 1.807) is 0 Å². The fraction of sp³-hybridized carbons (Fsp3) is 0.892. The minimum atomic E-state index is -1.34. The Labute approximate surface area is 268 Å². The van der Waals surface area contributed by atoms with Gasteiger partial charge in [0.1, 0.15) is 17.7 Å². The smallest absolute Gasteiger partial charge is 0.164 e. The number of unbranched alkanes of at least 4 members (excludes halogenated alkanes) is 22. The monoisotopic (exact) mass is 627 g/mol. The molecule has 0 aliphatic heterocycles. The third kappa shape index (κ3) is 27.4. The van der Waals surface area contributed by atoms with Gasteiger partial charge in [0.05, 0.1) is 12.5 Å². The van der Waals surface area contributed by atoms with Gasteiger partial charge >= 0.3 is 0 Å². The first-order valence-corrected chi connectivity index (χ1v) is 19.5. The third-order valence-corrected chi connectivity index (χ3v) is 9.89. The van der Waals surface area contributed by atoms with Crippen LogP contribution in [0.25, 0.3) is 0 Å². The van der Waals surface area contributed by atoms with Crippen LogP contribution < -0.4 is 0 Å². The molecule has 5 nitrogen and oxygen atoms in total. The molecule has 0 radical (unpaired) electrons. The second kappa shape index (κ2) is 32.8. The number of Topliss-reactive ketones (excluding diaryl/α,β-unsaturated/α-hetero) is 1. The lowest BCUT2D eigenvalue weighted by atomic mass is 9.94. The standard InChI is InChI=1S/C37H71O5P/c1-3-5-7-9-11-13-15-17-19-20-22-24-26-28-30-33(36(41)43-37(42)35(40)32-38)34(39)31-29-27-25-23-21-18-16-14-12-10-8-6-4-2/h17,19,33,35,37-38,40,42-43H,3-16,18,20-32H2,1-2H3/b19-17-. The molecule has 3 N–H and O–H groups in total. The topological polar surface area (TPSA) is 94.8 Å². The van der Waals surface area contributed by atoms with Crippen LogP contribution in [0.1, 0.15) is 187 Å². The average Bonchev–Trinajstić information content (AvgIpc) is 3.00. The van der Waals surface area contributed by atoms with E-state index in [0.29, 0.717) is 12.8 Å². The number of aliphatic hydroxyl groups excluding tert-OH is 3. The Balaban J connectivity index is 4.22. The number of aliphatic hydroxyl groups is 3. The van der Waals surface area contributed by atoms with Gasteiger partial charge in [0.15, 0.2) is 5.52 Å². The van der Waals surface area contributed by atoms with Gasteiger partial charge in [-0.2, -0.15) is 0 Å². The minimum absolute atomic E-state index is 0.0103. The zero-order chi connectivity index (χ0) is 31.8. The molecule has 0 saturated carbocycles. The number of carbonyl (C=O) groups is 2. The molecule has 0 aromatic carbocycles. The summed E-state index contributed by atoms with van der Waals surface area (Å²) in [6, 6.07) is 0. The van der Waals surface area contributed by atoms with Crippen LogP contribution in [0.15, 0.2) is 12.2 Å². The lowest BCUT2D eigenvalue weighted by Crippen LogP contribution is -2.29. The number of carbonyl (C=O) groups excluding carboxylic acids is 2. The first-order chi connectivity index (χ1) is 21.0. The van der Waals surface area contributed by atoms with Gasteiger partial charge in [-0.3, -0.25) is 9.59 Å². The summed E-state index contributed by atoms with van der Waals surface area (Å²) in [6.07, 6.45) is 34.8. The molecular formula is C37H71O5P. The van der Waals surface area contributed by atoms with Gasteiger partial charge in [-0.1, -0.05) is 154 Å². The van der Waals surface area contributed by atoms with Crippen molar-refractivity contribution in [3.8, 4) is 0 Å². The van der Waals surface area contributed by atoms with Crippen molar-refractivity contribution < 1.29 is 24.9 Å². The lowest BCUT2D eigenvalue weighted by Gasteiger charge is -2.19. The summed E-state index contributed by atoms with van der Waals surface area (Å²) in [6.45, 7) is 3.92. The van der Waals surface area contributed by atoms with Gasteiger partial charge in [0.25, 0.3) is 0 Å². The predicted octanol–water partition coefficient (Wildman–Crippen LogP) is 10.2. The maximum atomic E-state index is 13.1. The normalized spacial score (nSPS) is 14.2. The molecule has 43 heavy (non-hydrogen) atoms. The van der Waals surface area contributed by atoms with Crippen LogP contribution in [-0.4, -0.2) is 45.2 Å². The predicted molar refractivity (Wildman–Crippen MR) is 186 cm³/mol. The molecule has 6 heteroatoms. The van der Waals surface area contributed by atoms with E-state index in [0.717, 1.165) is 51.4 Å². The first kappa shape index (κ1) is 42.4. The van der Waals surface area contributed by atoms with E-state index in [-0.39, 0.29) is 11.3 Å². The molecule has 4 unspecified atom stereocenters. The van der Waals surface area contributed by atoms with Gasteiger partial charge in [-0.15, -0.1) is 0 Å². The second-order valence-corrected chi connectivity index (χ2v) is 14.1. The van der Waals surface area contributed by atoms with E-state index < -0.39 is 33.1 Å². The summed E-state index contributed by atoms with van der Waals surface area (Å²) in [5, 5.41) is 28.9. The SMILES string of the molecule is CCCCCCCC/C=C\CCCCCCC(C(=O)CCCCCCCCCCCCCCC)C(=O)PC(O)C(O)CO. The van der Waals surface area contributed by atoms with Crippen molar-refractivity contribution in [3.05, 3.63) is 12.2 Å². The maximum Gasteiger partial charge on any atom is 0.164 e. The Kier molecular flexibility index (Phi) is 32.3. The maximum absolute atomic E-state index is 13.1. The van der Waals surface area contributed by atoms with E-state index in [4.69, 9.17) is 5.11 Å². The molecule has 0 saturated heterocycles. The second-order valence-electron chi connectivity index (χ2n) is 12.7. The average molecular weight is 627 g/mol. The van der Waals surface area contributed by atoms with Crippen molar-refractivity contribution >= 4 is 19.9 Å². The summed E-state index contributed by atoms with van der Waals surface area (Å²) >= 11 is 0. The molecule has 0 heterocycles. The Bertz CT molecular complexity index is 653. The van der Waals surface area contributed by atoms with Crippen LogP contribution in [0.4, 0.5) is 0 Å². The van der Waals surface area contributed by atoms with Gasteiger partial charge in [-0.25, -0.2) is 0 Å².